The molecule has 0 N–H and O–H groups in total. The van der Waals surface area contributed by atoms with E-state index in [9.17, 15) is 0 Å². The molecule has 0 amide bonds. The molecule has 6 heteroatoms. The summed E-state index contributed by atoms with van der Waals surface area (Å²) in [5, 5.41) is 0. The Bertz CT molecular complexity index is 65.3. The van der Waals surface area contributed by atoms with E-state index in [2.05, 4.69) is 0 Å². The summed E-state index contributed by atoms with van der Waals surface area (Å²) >= 11 is 26.9. The van der Waals surface area contributed by atoms with Gasteiger partial charge in [-0.25, -0.2) is 0 Å². The number of hydrogen-bond donors (Lipinski definition) is 0. The molecule has 0 heterocycles. The van der Waals surface area contributed by atoms with Crippen LogP contribution in [0.2, 0.25) is 6.04 Å². The summed E-state index contributed by atoms with van der Waals surface area (Å²) in [6.07, 6.45) is 0. The lowest BCUT2D eigenvalue weighted by atomic mass is 10.9. The third-order valence-electron chi connectivity index (χ3n) is 0.386. The highest BCUT2D eigenvalue weighted by Crippen LogP contribution is 2.29. The molecule has 0 aliphatic heterocycles. The van der Waals surface area contributed by atoms with Crippen LogP contribution in [-0.4, -0.2) is 10.8 Å². The SMILES string of the molecule is ClC(Cl)C[Si](Cl)(Cl)Cl. The zero-order chi connectivity index (χ0) is 6.78. The van der Waals surface area contributed by atoms with E-state index in [1.165, 1.54) is 0 Å². The van der Waals surface area contributed by atoms with Gasteiger partial charge in [0, 0.05) is 6.04 Å². The maximum Gasteiger partial charge on any atom is 0.344 e. The first-order chi connectivity index (χ1) is 3.42. The maximum atomic E-state index is 5.43. The molecule has 0 aromatic carbocycles. The summed E-state index contributed by atoms with van der Waals surface area (Å²) in [6, 6.07) is -2.28. The highest BCUT2D eigenvalue weighted by atomic mass is 35.8. The molecule has 0 saturated heterocycles. The lowest BCUT2D eigenvalue weighted by molar-refractivity contribution is 1.35. The van der Waals surface area contributed by atoms with Crippen molar-refractivity contribution < 1.29 is 0 Å². The molecular formula is C2H3Cl5Si. The minimum Gasteiger partial charge on any atom is -0.126 e. The standard InChI is InChI=1S/C2H3Cl5Si/c3-2(4)1-8(5,6)7/h2H,1H2. The summed E-state index contributed by atoms with van der Waals surface area (Å²) in [4.78, 5) is -0.547. The molecule has 0 spiro atoms. The van der Waals surface area contributed by atoms with Crippen molar-refractivity contribution >= 4 is 62.4 Å². The molecule has 0 fully saturated rings. The van der Waals surface area contributed by atoms with Crippen molar-refractivity contribution in [2.45, 2.75) is 10.9 Å². The van der Waals surface area contributed by atoms with Crippen molar-refractivity contribution in [3.63, 3.8) is 0 Å². The number of rotatable bonds is 2. The van der Waals surface area contributed by atoms with Gasteiger partial charge in [0.05, 0.1) is 0 Å². The van der Waals surface area contributed by atoms with E-state index in [4.69, 9.17) is 56.4 Å². The molecule has 0 radical (unpaired) electrons. The fourth-order valence-electron chi connectivity index (χ4n) is 0.175. The van der Waals surface area contributed by atoms with Crippen LogP contribution in [0.4, 0.5) is 0 Å². The van der Waals surface area contributed by atoms with E-state index in [1.807, 2.05) is 0 Å². The number of halogens is 5. The summed E-state index contributed by atoms with van der Waals surface area (Å²) in [5.74, 6) is 0. The van der Waals surface area contributed by atoms with Crippen LogP contribution >= 0.6 is 56.4 Å². The van der Waals surface area contributed by atoms with Gasteiger partial charge in [-0.2, -0.15) is 0 Å². The Morgan fingerprint density at radius 2 is 1.50 bits per heavy atom. The number of alkyl halides is 2. The zero-order valence-corrected chi connectivity index (χ0v) is 8.45. The van der Waals surface area contributed by atoms with Crippen LogP contribution in [0.25, 0.3) is 0 Å². The summed E-state index contributed by atoms with van der Waals surface area (Å²) in [5.41, 5.74) is 0. The van der Waals surface area contributed by atoms with Gasteiger partial charge in [-0.3, -0.25) is 0 Å². The van der Waals surface area contributed by atoms with Gasteiger partial charge in [0.25, 0.3) is 0 Å². The molecule has 0 bridgehead atoms. The van der Waals surface area contributed by atoms with Crippen LogP contribution in [0.15, 0.2) is 0 Å². The Hall–Kier alpha value is 1.67. The molecule has 0 rings (SSSR count). The lowest BCUT2D eigenvalue weighted by Crippen LogP contribution is -2.12. The topological polar surface area (TPSA) is 0 Å². The molecule has 0 nitrogen and oxygen atoms in total. The van der Waals surface area contributed by atoms with E-state index in [0.29, 0.717) is 6.04 Å². The highest BCUT2D eigenvalue weighted by Gasteiger charge is 2.27. The first kappa shape index (κ1) is 9.67. The minimum atomic E-state index is -2.57. The summed E-state index contributed by atoms with van der Waals surface area (Å²) in [6.45, 7) is 0. The van der Waals surface area contributed by atoms with Crippen LogP contribution in [-0.2, 0) is 0 Å². The van der Waals surface area contributed by atoms with Crippen molar-refractivity contribution in [1.82, 2.24) is 0 Å². The predicted octanol–water partition coefficient (Wildman–Crippen LogP) is 3.45. The zero-order valence-electron chi connectivity index (χ0n) is 3.67. The van der Waals surface area contributed by atoms with Gasteiger partial charge in [-0.15, -0.1) is 56.4 Å². The Balaban J connectivity index is 3.39. The van der Waals surface area contributed by atoms with Gasteiger partial charge >= 0.3 is 6.00 Å². The molecule has 0 atom stereocenters. The Kier molecular flexibility index (Phi) is 4.52. The first-order valence-corrected chi connectivity index (χ1v) is 7.88. The Morgan fingerprint density at radius 3 is 1.50 bits per heavy atom. The predicted molar refractivity (Wildman–Crippen MR) is 43.6 cm³/mol. The average molecular weight is 232 g/mol. The van der Waals surface area contributed by atoms with Gasteiger partial charge in [0.15, 0.2) is 0 Å². The van der Waals surface area contributed by atoms with Crippen LogP contribution < -0.4 is 0 Å². The third-order valence-corrected chi connectivity index (χ3v) is 3.47. The van der Waals surface area contributed by atoms with Crippen molar-refractivity contribution in [2.75, 3.05) is 0 Å². The van der Waals surface area contributed by atoms with Gasteiger partial charge < -0.3 is 0 Å². The molecule has 8 heavy (non-hydrogen) atoms. The summed E-state index contributed by atoms with van der Waals surface area (Å²) < 4.78 is 0. The smallest absolute Gasteiger partial charge is 0.126 e. The fraction of sp³-hybridized carbons (Fsp3) is 1.00. The second-order valence-electron chi connectivity index (χ2n) is 1.21. The van der Waals surface area contributed by atoms with Crippen LogP contribution in [0, 0.1) is 0 Å². The van der Waals surface area contributed by atoms with E-state index < -0.39 is 10.8 Å². The minimum absolute atomic E-state index is 0.292. The molecule has 0 aromatic heterocycles. The average Bonchev–Trinajstić information content (AvgIpc) is 1.21. The monoisotopic (exact) mass is 230 g/mol. The van der Waals surface area contributed by atoms with Crippen LogP contribution in [0.5, 0.6) is 0 Å². The largest absolute Gasteiger partial charge is 0.344 e. The van der Waals surface area contributed by atoms with Crippen molar-refractivity contribution in [2.24, 2.45) is 0 Å². The second kappa shape index (κ2) is 3.74. The lowest BCUT2D eigenvalue weighted by Gasteiger charge is -2.05. The van der Waals surface area contributed by atoms with E-state index >= 15 is 0 Å². The van der Waals surface area contributed by atoms with Crippen LogP contribution in [0.1, 0.15) is 0 Å². The number of hydrogen-bond acceptors (Lipinski definition) is 0. The third kappa shape index (κ3) is 7.67. The summed E-state index contributed by atoms with van der Waals surface area (Å²) in [7, 11) is 0. The van der Waals surface area contributed by atoms with Gasteiger partial charge in [-0.1, -0.05) is 0 Å². The van der Waals surface area contributed by atoms with E-state index in [-0.39, 0.29) is 0 Å². The quantitative estimate of drug-likeness (QED) is 0.389. The van der Waals surface area contributed by atoms with Crippen molar-refractivity contribution in [1.29, 1.82) is 0 Å². The van der Waals surface area contributed by atoms with Gasteiger partial charge in [0.1, 0.15) is 4.84 Å². The molecule has 0 saturated carbocycles. The fourth-order valence-corrected chi connectivity index (χ4v) is 4.72. The maximum absolute atomic E-state index is 5.43. The van der Waals surface area contributed by atoms with Gasteiger partial charge in [0.2, 0.25) is 0 Å². The van der Waals surface area contributed by atoms with E-state index in [1.54, 1.807) is 0 Å². The normalized spacial score (nSPS) is 12.8. The molecule has 50 valence electrons. The highest BCUT2D eigenvalue weighted by molar-refractivity contribution is 7.64. The second-order valence-corrected chi connectivity index (χ2v) is 11.7. The Labute approximate surface area is 73.1 Å². The molecular weight excluding hydrogens is 229 g/mol. The Morgan fingerprint density at radius 1 is 1.12 bits per heavy atom. The van der Waals surface area contributed by atoms with Gasteiger partial charge in [-0.05, 0) is 0 Å². The molecule has 0 aromatic rings. The molecule has 0 unspecified atom stereocenters. The first-order valence-electron chi connectivity index (χ1n) is 1.77. The van der Waals surface area contributed by atoms with Crippen LogP contribution in [0.3, 0.4) is 0 Å². The van der Waals surface area contributed by atoms with Crippen molar-refractivity contribution in [3.05, 3.63) is 0 Å². The molecule has 0 aliphatic carbocycles. The van der Waals surface area contributed by atoms with Crippen molar-refractivity contribution in [3.8, 4) is 0 Å². The van der Waals surface area contributed by atoms with E-state index in [0.717, 1.165) is 0 Å². The molecule has 0 aliphatic rings.